The van der Waals surface area contributed by atoms with Crippen LogP contribution in [0.15, 0.2) is 6.20 Å². The summed E-state index contributed by atoms with van der Waals surface area (Å²) >= 11 is 0. The SMILES string of the molecule is CC(=O)N[C@H]1[C@H]([C@H](O)[C@H](O)CNC(=O)c2cn(C)nc2C)O[C@@](CCN2CCOC[C@@]23CCN(COC(C)(C)C)C3)(C(=O)O)C[C@@H]1O. The Morgan fingerprint density at radius 1 is 1.23 bits per heavy atom. The summed E-state index contributed by atoms with van der Waals surface area (Å²) in [4.78, 5) is 42.1. The summed E-state index contributed by atoms with van der Waals surface area (Å²) in [6.45, 7) is 12.2. The number of aliphatic hydroxyl groups excluding tert-OH is 3. The molecule has 0 unspecified atom stereocenters. The normalized spacial score (nSPS) is 30.3. The molecule has 16 heteroatoms. The summed E-state index contributed by atoms with van der Waals surface area (Å²) in [5, 5.41) is 53.2. The number of aryl methyl sites for hydroxylation is 2. The van der Waals surface area contributed by atoms with E-state index in [4.69, 9.17) is 14.2 Å². The van der Waals surface area contributed by atoms with Crippen LogP contribution in [0.25, 0.3) is 0 Å². The molecule has 7 atom stereocenters. The van der Waals surface area contributed by atoms with Crippen molar-refractivity contribution in [1.82, 2.24) is 30.2 Å². The van der Waals surface area contributed by atoms with Crippen molar-refractivity contribution in [2.45, 2.75) is 101 Å². The standard InChI is InChI=1S/C31H52N6O10/c1-19-21(15-35(6)34-19)27(42)32-14-23(40)25(41)26-24(33-20(2)38)22(39)13-31(47-26,28(43)44)8-10-37-11-12-45-17-30(37)7-9-36(16-30)18-46-29(3,4)5/h15,22-26,39-41H,7-14,16-18H2,1-6H3,(H,32,42)(H,33,38)(H,43,44)/t22-,23+,24+,25+,26+,30-,31+/m0/s1. The quantitative estimate of drug-likeness (QED) is 0.152. The highest BCUT2D eigenvalue weighted by Gasteiger charge is 2.55. The topological polar surface area (TPSA) is 208 Å². The first-order valence-corrected chi connectivity index (χ1v) is 16.2. The molecule has 1 aromatic rings. The van der Waals surface area contributed by atoms with Crippen molar-refractivity contribution in [3.05, 3.63) is 17.5 Å². The molecule has 2 amide bonds. The van der Waals surface area contributed by atoms with Crippen LogP contribution in [0, 0.1) is 6.92 Å². The van der Waals surface area contributed by atoms with Crippen molar-refractivity contribution in [2.75, 3.05) is 52.7 Å². The maximum absolute atomic E-state index is 12.9. The smallest absolute Gasteiger partial charge is 0.336 e. The fraction of sp³-hybridized carbons (Fsp3) is 0.806. The van der Waals surface area contributed by atoms with E-state index in [9.17, 15) is 34.8 Å². The number of carbonyl (C=O) groups excluding carboxylic acids is 2. The van der Waals surface area contributed by atoms with E-state index < -0.39 is 60.4 Å². The second-order valence-electron chi connectivity index (χ2n) is 14.2. The monoisotopic (exact) mass is 668 g/mol. The molecule has 47 heavy (non-hydrogen) atoms. The number of carbonyl (C=O) groups is 3. The van der Waals surface area contributed by atoms with Gasteiger partial charge in [0.25, 0.3) is 5.91 Å². The number of nitrogens with one attached hydrogen (secondary N) is 2. The van der Waals surface area contributed by atoms with Crippen LogP contribution in [0.1, 0.15) is 63.0 Å². The minimum atomic E-state index is -1.94. The molecule has 3 aliphatic heterocycles. The number of hydrogen-bond acceptors (Lipinski definition) is 12. The summed E-state index contributed by atoms with van der Waals surface area (Å²) < 4.78 is 19.5. The van der Waals surface area contributed by atoms with Crippen LogP contribution in [0.2, 0.25) is 0 Å². The molecule has 0 radical (unpaired) electrons. The number of nitrogens with zero attached hydrogens (tertiary/aromatic N) is 4. The molecule has 1 spiro atoms. The minimum Gasteiger partial charge on any atom is -0.479 e. The van der Waals surface area contributed by atoms with Crippen LogP contribution in [0.4, 0.5) is 0 Å². The lowest BCUT2D eigenvalue weighted by molar-refractivity contribution is -0.231. The first kappa shape index (κ1) is 37.1. The first-order valence-electron chi connectivity index (χ1n) is 16.2. The molecule has 0 aliphatic carbocycles. The fourth-order valence-corrected chi connectivity index (χ4v) is 6.76. The molecule has 0 bridgehead atoms. The molecule has 3 fully saturated rings. The maximum Gasteiger partial charge on any atom is 0.336 e. The molecule has 0 aromatic carbocycles. The molecule has 4 heterocycles. The number of aliphatic hydroxyl groups is 3. The van der Waals surface area contributed by atoms with E-state index in [1.807, 2.05) is 20.8 Å². The van der Waals surface area contributed by atoms with E-state index in [0.29, 0.717) is 45.3 Å². The third kappa shape index (κ3) is 8.86. The van der Waals surface area contributed by atoms with Gasteiger partial charge in [0.1, 0.15) is 12.2 Å². The van der Waals surface area contributed by atoms with Crippen LogP contribution in [0.5, 0.6) is 0 Å². The summed E-state index contributed by atoms with van der Waals surface area (Å²) in [5.41, 5.74) is -1.83. The number of carboxylic acids is 1. The summed E-state index contributed by atoms with van der Waals surface area (Å²) in [7, 11) is 1.66. The zero-order valence-corrected chi connectivity index (χ0v) is 28.3. The van der Waals surface area contributed by atoms with Gasteiger partial charge in [-0.15, -0.1) is 0 Å². The number of hydrogen-bond donors (Lipinski definition) is 6. The molecular weight excluding hydrogens is 616 g/mol. The summed E-state index contributed by atoms with van der Waals surface area (Å²) in [6.07, 6.45) is -4.42. The third-order valence-corrected chi connectivity index (χ3v) is 9.31. The average molecular weight is 669 g/mol. The van der Waals surface area contributed by atoms with Gasteiger partial charge in [-0.25, -0.2) is 4.79 Å². The first-order chi connectivity index (χ1) is 21.9. The number of aliphatic carboxylic acids is 1. The van der Waals surface area contributed by atoms with Gasteiger partial charge in [0, 0.05) is 65.7 Å². The van der Waals surface area contributed by atoms with Gasteiger partial charge in [0.05, 0.1) is 60.6 Å². The second-order valence-corrected chi connectivity index (χ2v) is 14.2. The van der Waals surface area contributed by atoms with Gasteiger partial charge >= 0.3 is 5.97 Å². The van der Waals surface area contributed by atoms with Gasteiger partial charge in [0.15, 0.2) is 5.60 Å². The van der Waals surface area contributed by atoms with Crippen molar-refractivity contribution >= 4 is 17.8 Å². The Morgan fingerprint density at radius 2 is 1.96 bits per heavy atom. The van der Waals surface area contributed by atoms with Gasteiger partial charge in [-0.05, 0) is 34.1 Å². The van der Waals surface area contributed by atoms with Gasteiger partial charge in [-0.1, -0.05) is 0 Å². The molecule has 4 rings (SSSR count). The molecule has 0 saturated carbocycles. The molecule has 16 nitrogen and oxygen atoms in total. The van der Waals surface area contributed by atoms with Gasteiger partial charge in [-0.2, -0.15) is 5.10 Å². The number of rotatable bonds is 12. The van der Waals surface area contributed by atoms with Crippen LogP contribution in [-0.2, 0) is 30.8 Å². The number of ether oxygens (including phenoxy) is 3. The lowest BCUT2D eigenvalue weighted by atomic mass is 9.81. The van der Waals surface area contributed by atoms with Crippen LogP contribution in [0.3, 0.4) is 0 Å². The zero-order valence-electron chi connectivity index (χ0n) is 28.3. The number of likely N-dealkylation sites (tertiary alicyclic amines) is 1. The van der Waals surface area contributed by atoms with Crippen molar-refractivity contribution in [2.24, 2.45) is 7.05 Å². The van der Waals surface area contributed by atoms with Crippen molar-refractivity contribution in [3.63, 3.8) is 0 Å². The Balaban J connectivity index is 1.49. The number of carboxylic acid groups (broad SMARTS) is 1. The van der Waals surface area contributed by atoms with Crippen molar-refractivity contribution in [3.8, 4) is 0 Å². The second kappa shape index (κ2) is 14.8. The van der Waals surface area contributed by atoms with E-state index in [2.05, 4.69) is 25.5 Å². The van der Waals surface area contributed by atoms with Gasteiger partial charge in [-0.3, -0.25) is 24.1 Å². The van der Waals surface area contributed by atoms with Crippen LogP contribution in [-0.4, -0.2) is 158 Å². The fourth-order valence-electron chi connectivity index (χ4n) is 6.76. The molecular formula is C31H52N6O10. The highest BCUT2D eigenvalue weighted by atomic mass is 16.6. The Hall–Kier alpha value is -2.70. The van der Waals surface area contributed by atoms with Crippen molar-refractivity contribution < 1.29 is 49.0 Å². The average Bonchev–Trinajstić information content (AvgIpc) is 3.56. The Labute approximate surface area is 275 Å². The predicted molar refractivity (Wildman–Crippen MR) is 167 cm³/mol. The lowest BCUT2D eigenvalue weighted by Crippen LogP contribution is -2.68. The highest BCUT2D eigenvalue weighted by Crippen LogP contribution is 2.37. The summed E-state index contributed by atoms with van der Waals surface area (Å²) in [5.74, 6) is -2.40. The predicted octanol–water partition coefficient (Wildman–Crippen LogP) is -1.40. The largest absolute Gasteiger partial charge is 0.479 e. The van der Waals surface area contributed by atoms with Crippen LogP contribution < -0.4 is 10.6 Å². The Kier molecular flexibility index (Phi) is 11.7. The van der Waals surface area contributed by atoms with Gasteiger partial charge in [0.2, 0.25) is 5.91 Å². The highest BCUT2D eigenvalue weighted by molar-refractivity contribution is 5.95. The molecule has 266 valence electrons. The van der Waals surface area contributed by atoms with E-state index in [-0.39, 0.29) is 29.5 Å². The third-order valence-electron chi connectivity index (χ3n) is 9.31. The minimum absolute atomic E-state index is 0.0389. The van der Waals surface area contributed by atoms with Gasteiger partial charge < -0.3 is 45.3 Å². The molecule has 3 aliphatic rings. The van der Waals surface area contributed by atoms with E-state index >= 15 is 0 Å². The van der Waals surface area contributed by atoms with E-state index in [1.54, 1.807) is 14.0 Å². The Morgan fingerprint density at radius 3 is 2.57 bits per heavy atom. The number of morpholine rings is 1. The van der Waals surface area contributed by atoms with Crippen molar-refractivity contribution in [1.29, 1.82) is 0 Å². The number of aromatic nitrogens is 2. The maximum atomic E-state index is 12.9. The van der Waals surface area contributed by atoms with Crippen LogP contribution >= 0.6 is 0 Å². The molecule has 1 aromatic heterocycles. The molecule has 3 saturated heterocycles. The number of amides is 2. The van der Waals surface area contributed by atoms with E-state index in [1.165, 1.54) is 17.8 Å². The van der Waals surface area contributed by atoms with E-state index in [0.717, 1.165) is 13.0 Å². The Bertz CT molecular complexity index is 1270. The summed E-state index contributed by atoms with van der Waals surface area (Å²) in [6, 6.07) is -1.22. The zero-order chi connectivity index (χ0) is 34.7. The molecule has 6 N–H and O–H groups in total. The lowest BCUT2D eigenvalue weighted by Gasteiger charge is -2.49.